The van der Waals surface area contributed by atoms with Gasteiger partial charge in [-0.15, -0.1) is 11.3 Å². The van der Waals surface area contributed by atoms with Crippen LogP contribution < -0.4 is 10.9 Å². The number of carbonyl (C=O) groups excluding carboxylic acids is 1. The summed E-state index contributed by atoms with van der Waals surface area (Å²) in [6.45, 7) is 0. The van der Waals surface area contributed by atoms with Crippen LogP contribution >= 0.6 is 27.3 Å². The molecule has 4 rings (SSSR count). The molecule has 0 radical (unpaired) electrons. The van der Waals surface area contributed by atoms with Crippen LogP contribution in [0.2, 0.25) is 0 Å². The first-order valence-corrected chi connectivity index (χ1v) is 8.05. The molecule has 0 saturated carbocycles. The molecule has 1 amide bonds. The van der Waals surface area contributed by atoms with Gasteiger partial charge in [0, 0.05) is 11.6 Å². The first-order valence-electron chi connectivity index (χ1n) is 6.38. The Kier molecular flexibility index (Phi) is 3.20. The number of aromatic nitrogens is 5. The van der Waals surface area contributed by atoms with Gasteiger partial charge in [-0.3, -0.25) is 9.59 Å². The molecular formula is C13H7BrN6O2S. The molecule has 0 bridgehead atoms. The fourth-order valence-corrected chi connectivity index (χ4v) is 3.38. The number of H-pyrrole nitrogens is 1. The van der Waals surface area contributed by atoms with Gasteiger partial charge in [-0.1, -0.05) is 0 Å². The first kappa shape index (κ1) is 14.0. The van der Waals surface area contributed by atoms with Crippen molar-refractivity contribution in [3.05, 3.63) is 50.8 Å². The number of hydrogen-bond acceptors (Lipinski definition) is 6. The highest BCUT2D eigenvalue weighted by Gasteiger charge is 2.17. The van der Waals surface area contributed by atoms with Crippen molar-refractivity contribution in [3.63, 3.8) is 0 Å². The fraction of sp³-hybridized carbons (Fsp3) is 0. The van der Waals surface area contributed by atoms with Crippen molar-refractivity contribution in [2.24, 2.45) is 0 Å². The van der Waals surface area contributed by atoms with Gasteiger partial charge in [0.15, 0.2) is 11.5 Å². The standard InChI is InChI=1S/C13H7BrN6O2S/c14-7-2-20-3-8(18-9(20)1-15-7)19-11(21)6-4-23-13-10(6)12(22)16-5-17-13/h1-5H,(H,19,21)(H,16,17,22). The van der Waals surface area contributed by atoms with Gasteiger partial charge in [0.05, 0.1) is 29.7 Å². The normalized spacial score (nSPS) is 11.2. The topological polar surface area (TPSA) is 105 Å². The van der Waals surface area contributed by atoms with Crippen molar-refractivity contribution < 1.29 is 4.79 Å². The van der Waals surface area contributed by atoms with E-state index < -0.39 is 5.91 Å². The maximum atomic E-state index is 12.4. The molecule has 0 fully saturated rings. The lowest BCUT2D eigenvalue weighted by Crippen LogP contribution is -2.15. The van der Waals surface area contributed by atoms with Gasteiger partial charge in [0.25, 0.3) is 11.5 Å². The highest BCUT2D eigenvalue weighted by molar-refractivity contribution is 9.10. The smallest absolute Gasteiger partial charge is 0.260 e. The number of nitrogens with one attached hydrogen (secondary N) is 2. The minimum Gasteiger partial charge on any atom is -0.313 e. The van der Waals surface area contributed by atoms with Gasteiger partial charge in [0.1, 0.15) is 9.43 Å². The van der Waals surface area contributed by atoms with E-state index in [0.29, 0.717) is 20.9 Å². The number of anilines is 1. The number of aromatic amines is 1. The maximum Gasteiger partial charge on any atom is 0.260 e. The van der Waals surface area contributed by atoms with Gasteiger partial charge in [-0.25, -0.2) is 15.0 Å². The Bertz CT molecular complexity index is 1110. The first-order chi connectivity index (χ1) is 11.1. The van der Waals surface area contributed by atoms with E-state index in [4.69, 9.17) is 0 Å². The Morgan fingerprint density at radius 1 is 1.35 bits per heavy atom. The number of amides is 1. The zero-order valence-corrected chi connectivity index (χ0v) is 13.7. The molecule has 23 heavy (non-hydrogen) atoms. The third-order valence-electron chi connectivity index (χ3n) is 3.17. The SMILES string of the molecule is O=C(Nc1cn2cc(Br)ncc2n1)c1csc2nc[nH]c(=O)c12. The minimum absolute atomic E-state index is 0.274. The van der Waals surface area contributed by atoms with Crippen LogP contribution in [0, 0.1) is 0 Å². The van der Waals surface area contributed by atoms with Gasteiger partial charge in [-0.05, 0) is 15.9 Å². The predicted octanol–water partition coefficient (Wildman–Crippen LogP) is 2.04. The summed E-state index contributed by atoms with van der Waals surface area (Å²) in [6.07, 6.45) is 6.29. The van der Waals surface area contributed by atoms with Crippen molar-refractivity contribution in [1.82, 2.24) is 24.3 Å². The van der Waals surface area contributed by atoms with Crippen molar-refractivity contribution in [1.29, 1.82) is 0 Å². The molecule has 4 aromatic heterocycles. The highest BCUT2D eigenvalue weighted by Crippen LogP contribution is 2.21. The van der Waals surface area contributed by atoms with E-state index >= 15 is 0 Å². The van der Waals surface area contributed by atoms with Crippen LogP contribution in [0.4, 0.5) is 5.82 Å². The summed E-state index contributed by atoms with van der Waals surface area (Å²) in [6, 6.07) is 0. The van der Waals surface area contributed by atoms with E-state index in [1.165, 1.54) is 17.7 Å². The molecule has 0 atom stereocenters. The quantitative estimate of drug-likeness (QED) is 0.544. The lowest BCUT2D eigenvalue weighted by Gasteiger charge is -1.99. The second kappa shape index (κ2) is 5.25. The average Bonchev–Trinajstić information content (AvgIpc) is 3.11. The summed E-state index contributed by atoms with van der Waals surface area (Å²) >= 11 is 4.51. The van der Waals surface area contributed by atoms with Gasteiger partial charge < -0.3 is 14.7 Å². The van der Waals surface area contributed by atoms with Gasteiger partial charge in [0.2, 0.25) is 0 Å². The average molecular weight is 391 g/mol. The molecule has 2 N–H and O–H groups in total. The van der Waals surface area contributed by atoms with E-state index in [2.05, 4.69) is 41.2 Å². The second-order valence-electron chi connectivity index (χ2n) is 4.62. The molecule has 8 nitrogen and oxygen atoms in total. The summed E-state index contributed by atoms with van der Waals surface area (Å²) in [5.74, 6) is -0.0419. The van der Waals surface area contributed by atoms with E-state index in [-0.39, 0.29) is 16.5 Å². The number of nitrogens with zero attached hydrogens (tertiary/aromatic N) is 4. The lowest BCUT2D eigenvalue weighted by atomic mass is 10.2. The van der Waals surface area contributed by atoms with Crippen molar-refractivity contribution in [3.8, 4) is 0 Å². The zero-order valence-electron chi connectivity index (χ0n) is 11.3. The predicted molar refractivity (Wildman–Crippen MR) is 88.9 cm³/mol. The zero-order chi connectivity index (χ0) is 16.0. The minimum atomic E-state index is -0.412. The largest absolute Gasteiger partial charge is 0.313 e. The van der Waals surface area contributed by atoms with Crippen LogP contribution in [-0.2, 0) is 0 Å². The van der Waals surface area contributed by atoms with Crippen LogP contribution in [0.3, 0.4) is 0 Å². The molecule has 0 aromatic carbocycles. The van der Waals surface area contributed by atoms with Crippen LogP contribution in [0.1, 0.15) is 10.4 Å². The molecular weight excluding hydrogens is 384 g/mol. The van der Waals surface area contributed by atoms with Crippen molar-refractivity contribution in [2.75, 3.05) is 5.32 Å². The summed E-state index contributed by atoms with van der Waals surface area (Å²) < 4.78 is 2.38. The van der Waals surface area contributed by atoms with E-state index in [1.807, 2.05) is 0 Å². The number of rotatable bonds is 2. The van der Waals surface area contributed by atoms with Gasteiger partial charge >= 0.3 is 0 Å². The van der Waals surface area contributed by atoms with Gasteiger partial charge in [-0.2, -0.15) is 0 Å². The third-order valence-corrected chi connectivity index (χ3v) is 4.47. The van der Waals surface area contributed by atoms with E-state index in [0.717, 1.165) is 0 Å². The molecule has 0 aliphatic carbocycles. The Balaban J connectivity index is 1.72. The second-order valence-corrected chi connectivity index (χ2v) is 6.29. The highest BCUT2D eigenvalue weighted by atomic mass is 79.9. The number of thiophene rings is 1. The monoisotopic (exact) mass is 390 g/mol. The van der Waals surface area contributed by atoms with Crippen molar-refractivity contribution >= 4 is 54.9 Å². The van der Waals surface area contributed by atoms with Crippen LogP contribution in [-0.4, -0.2) is 30.2 Å². The third kappa shape index (κ3) is 2.41. The molecule has 114 valence electrons. The molecule has 0 aliphatic rings. The van der Waals surface area contributed by atoms with E-state index in [1.54, 1.807) is 28.4 Å². The number of halogens is 1. The number of carbonyl (C=O) groups is 1. The summed E-state index contributed by atoms with van der Waals surface area (Å²) in [5.41, 5.74) is 0.526. The molecule has 0 aliphatic heterocycles. The number of fused-ring (bicyclic) bond motifs is 2. The number of hydrogen-bond donors (Lipinski definition) is 2. The van der Waals surface area contributed by atoms with Crippen molar-refractivity contribution in [2.45, 2.75) is 0 Å². The Labute approximate surface area is 140 Å². The maximum absolute atomic E-state index is 12.4. The summed E-state index contributed by atoms with van der Waals surface area (Å²) in [7, 11) is 0. The van der Waals surface area contributed by atoms with Crippen LogP contribution in [0.15, 0.2) is 39.7 Å². The van der Waals surface area contributed by atoms with E-state index in [9.17, 15) is 9.59 Å². The molecule has 0 spiro atoms. The van der Waals surface area contributed by atoms with Crippen LogP contribution in [0.25, 0.3) is 15.9 Å². The lowest BCUT2D eigenvalue weighted by molar-refractivity contribution is 0.102. The molecule has 0 saturated heterocycles. The summed E-state index contributed by atoms with van der Waals surface area (Å²) in [5, 5.41) is 4.57. The molecule has 0 unspecified atom stereocenters. The fourth-order valence-electron chi connectivity index (χ4n) is 2.17. The molecule has 4 heterocycles. The van der Waals surface area contributed by atoms with Crippen LogP contribution in [0.5, 0.6) is 0 Å². The summed E-state index contributed by atoms with van der Waals surface area (Å²) in [4.78, 5) is 39.7. The Morgan fingerprint density at radius 3 is 3.09 bits per heavy atom. The Hall–Kier alpha value is -2.59. The Morgan fingerprint density at radius 2 is 2.22 bits per heavy atom. The number of imidazole rings is 1. The molecule has 10 heteroatoms. The molecule has 4 aromatic rings.